The highest BCUT2D eigenvalue weighted by atomic mass is 16.3. The molecule has 0 spiro atoms. The van der Waals surface area contributed by atoms with E-state index in [0.29, 0.717) is 11.6 Å². The summed E-state index contributed by atoms with van der Waals surface area (Å²) >= 11 is 0. The van der Waals surface area contributed by atoms with Crippen LogP contribution >= 0.6 is 0 Å². The molecule has 0 unspecified atom stereocenters. The lowest BCUT2D eigenvalue weighted by Gasteiger charge is -2.22. The fraction of sp³-hybridized carbons (Fsp3) is 0.276. The summed E-state index contributed by atoms with van der Waals surface area (Å²) in [5.74, 6) is 0.535. The maximum absolute atomic E-state index is 5.66. The van der Waals surface area contributed by atoms with Gasteiger partial charge in [-0.2, -0.15) is 0 Å². The molecule has 4 heteroatoms. The van der Waals surface area contributed by atoms with Crippen LogP contribution in [0.1, 0.15) is 45.7 Å². The van der Waals surface area contributed by atoms with Crippen LogP contribution in [-0.4, -0.2) is 15.0 Å². The molecule has 0 aliphatic heterocycles. The van der Waals surface area contributed by atoms with E-state index in [-0.39, 0.29) is 5.41 Å². The molecule has 5 aromatic rings. The number of rotatable bonds is 4. The third kappa shape index (κ3) is 4.13. The first-order valence-corrected chi connectivity index (χ1v) is 11.5. The van der Waals surface area contributed by atoms with Gasteiger partial charge in [0.05, 0.1) is 23.3 Å². The van der Waals surface area contributed by atoms with Crippen LogP contribution in [0.4, 0.5) is 0 Å². The largest absolute Gasteiger partial charge is 0.446 e. The zero-order chi connectivity index (χ0) is 23.2. The summed E-state index contributed by atoms with van der Waals surface area (Å²) in [5, 5.41) is 3.58. The minimum absolute atomic E-state index is 0.0170. The van der Waals surface area contributed by atoms with Gasteiger partial charge in [0, 0.05) is 10.9 Å². The summed E-state index contributed by atoms with van der Waals surface area (Å²) in [6.45, 7) is 11.2. The maximum Gasteiger partial charge on any atom is 0.226 e. The fourth-order valence-electron chi connectivity index (χ4n) is 4.49. The highest BCUT2D eigenvalue weighted by Gasteiger charge is 2.19. The van der Waals surface area contributed by atoms with Gasteiger partial charge < -0.3 is 4.42 Å². The Morgan fingerprint density at radius 1 is 0.848 bits per heavy atom. The van der Waals surface area contributed by atoms with Crippen LogP contribution in [0.3, 0.4) is 0 Å². The van der Waals surface area contributed by atoms with Crippen molar-refractivity contribution in [3.05, 3.63) is 78.3 Å². The predicted molar refractivity (Wildman–Crippen MR) is 135 cm³/mol. The van der Waals surface area contributed by atoms with Crippen LogP contribution in [0, 0.1) is 5.92 Å². The Kier molecular flexibility index (Phi) is 5.24. The van der Waals surface area contributed by atoms with Crippen molar-refractivity contribution in [1.82, 2.24) is 15.0 Å². The van der Waals surface area contributed by atoms with E-state index >= 15 is 0 Å². The van der Waals surface area contributed by atoms with Crippen LogP contribution in [-0.2, 0) is 11.8 Å². The number of pyridine rings is 1. The summed E-state index contributed by atoms with van der Waals surface area (Å²) in [4.78, 5) is 13.9. The molecular formula is C29H29N3O. The topological polar surface area (TPSA) is 51.8 Å². The van der Waals surface area contributed by atoms with Crippen molar-refractivity contribution in [2.24, 2.45) is 5.92 Å². The first-order valence-electron chi connectivity index (χ1n) is 11.5. The molecule has 4 nitrogen and oxygen atoms in total. The van der Waals surface area contributed by atoms with Gasteiger partial charge in [0.1, 0.15) is 6.33 Å². The Labute approximate surface area is 194 Å². The standard InChI is InChI=1S/C29H29N3O/c1-18(2)12-20-15-27(32-28-23(20)10-11-33-28)26-16-25(30-17-31-26)21-13-19-8-6-7-9-22(19)24(14-21)29(3,4)5/h6-11,13-18H,12H2,1-5H3. The first-order chi connectivity index (χ1) is 15.8. The number of hydrogen-bond acceptors (Lipinski definition) is 4. The minimum Gasteiger partial charge on any atom is -0.446 e. The summed E-state index contributed by atoms with van der Waals surface area (Å²) in [6, 6.07) is 19.2. The van der Waals surface area contributed by atoms with Crippen molar-refractivity contribution in [1.29, 1.82) is 0 Å². The predicted octanol–water partition coefficient (Wildman–Crippen LogP) is 7.60. The molecule has 0 saturated heterocycles. The minimum atomic E-state index is 0.0170. The molecule has 0 N–H and O–H groups in total. The number of nitrogens with zero attached hydrogens (tertiary/aromatic N) is 3. The zero-order valence-electron chi connectivity index (χ0n) is 19.9. The second-order valence-electron chi connectivity index (χ2n) is 10.2. The van der Waals surface area contributed by atoms with Crippen molar-refractivity contribution < 1.29 is 4.42 Å². The van der Waals surface area contributed by atoms with Crippen molar-refractivity contribution in [3.8, 4) is 22.6 Å². The second kappa shape index (κ2) is 8.11. The SMILES string of the molecule is CC(C)Cc1cc(-c2cc(-c3cc(C(C)(C)C)c4ccccc4c3)ncn2)nc2occc12. The molecular weight excluding hydrogens is 406 g/mol. The van der Waals surface area contributed by atoms with Gasteiger partial charge in [-0.25, -0.2) is 15.0 Å². The van der Waals surface area contributed by atoms with Crippen LogP contribution in [0.2, 0.25) is 0 Å². The van der Waals surface area contributed by atoms with Crippen LogP contribution < -0.4 is 0 Å². The molecule has 2 aromatic carbocycles. The van der Waals surface area contributed by atoms with Crippen molar-refractivity contribution in [2.45, 2.75) is 46.5 Å². The third-order valence-corrected chi connectivity index (χ3v) is 6.05. The fourth-order valence-corrected chi connectivity index (χ4v) is 4.49. The molecule has 0 aliphatic rings. The Balaban J connectivity index is 1.65. The number of benzene rings is 2. The highest BCUT2D eigenvalue weighted by molar-refractivity contribution is 5.91. The van der Waals surface area contributed by atoms with Gasteiger partial charge in [-0.15, -0.1) is 0 Å². The summed E-state index contributed by atoms with van der Waals surface area (Å²) in [7, 11) is 0. The van der Waals surface area contributed by atoms with Gasteiger partial charge in [0.25, 0.3) is 0 Å². The molecule has 0 saturated carbocycles. The lowest BCUT2D eigenvalue weighted by atomic mass is 9.82. The number of aromatic nitrogens is 3. The van der Waals surface area contributed by atoms with Gasteiger partial charge in [-0.1, -0.05) is 58.9 Å². The molecule has 0 radical (unpaired) electrons. The summed E-state index contributed by atoms with van der Waals surface area (Å²) in [6.07, 6.45) is 4.30. The van der Waals surface area contributed by atoms with Gasteiger partial charge in [0.15, 0.2) is 0 Å². The Hall–Kier alpha value is -3.53. The van der Waals surface area contributed by atoms with Gasteiger partial charge in [-0.3, -0.25) is 0 Å². The van der Waals surface area contributed by atoms with Gasteiger partial charge in [0.2, 0.25) is 5.71 Å². The van der Waals surface area contributed by atoms with Crippen LogP contribution in [0.25, 0.3) is 44.5 Å². The smallest absolute Gasteiger partial charge is 0.226 e. The Morgan fingerprint density at radius 3 is 2.42 bits per heavy atom. The van der Waals surface area contributed by atoms with Crippen molar-refractivity contribution >= 4 is 21.9 Å². The monoisotopic (exact) mass is 435 g/mol. The third-order valence-electron chi connectivity index (χ3n) is 6.05. The molecule has 0 aliphatic carbocycles. The van der Waals surface area contributed by atoms with E-state index in [1.54, 1.807) is 12.6 Å². The average Bonchev–Trinajstić information content (AvgIpc) is 3.26. The molecule has 0 fully saturated rings. The van der Waals surface area contributed by atoms with E-state index in [0.717, 1.165) is 34.5 Å². The van der Waals surface area contributed by atoms with E-state index in [2.05, 4.69) is 87.1 Å². The van der Waals surface area contributed by atoms with E-state index in [9.17, 15) is 0 Å². The quantitative estimate of drug-likeness (QED) is 0.292. The molecule has 166 valence electrons. The van der Waals surface area contributed by atoms with Crippen molar-refractivity contribution in [3.63, 3.8) is 0 Å². The summed E-state index contributed by atoms with van der Waals surface area (Å²) in [5.41, 5.74) is 6.81. The van der Waals surface area contributed by atoms with E-state index in [1.165, 1.54) is 21.9 Å². The lowest BCUT2D eigenvalue weighted by Crippen LogP contribution is -2.12. The molecule has 33 heavy (non-hydrogen) atoms. The van der Waals surface area contributed by atoms with Crippen LogP contribution in [0.15, 0.2) is 71.6 Å². The normalized spacial score (nSPS) is 12.2. The second-order valence-corrected chi connectivity index (χ2v) is 10.2. The molecule has 5 rings (SSSR count). The highest BCUT2D eigenvalue weighted by Crippen LogP contribution is 2.35. The molecule has 0 amide bonds. The molecule has 0 bridgehead atoms. The zero-order valence-corrected chi connectivity index (χ0v) is 19.9. The number of furan rings is 1. The number of hydrogen-bond donors (Lipinski definition) is 0. The lowest BCUT2D eigenvalue weighted by molar-refractivity contribution is 0.596. The Bertz CT molecular complexity index is 1460. The molecule has 3 heterocycles. The van der Waals surface area contributed by atoms with E-state index < -0.39 is 0 Å². The first kappa shape index (κ1) is 21.3. The number of fused-ring (bicyclic) bond motifs is 2. The molecule has 0 atom stereocenters. The molecule has 3 aromatic heterocycles. The van der Waals surface area contributed by atoms with Crippen LogP contribution in [0.5, 0.6) is 0 Å². The summed E-state index contributed by atoms with van der Waals surface area (Å²) < 4.78 is 5.66. The Morgan fingerprint density at radius 2 is 1.64 bits per heavy atom. The maximum atomic E-state index is 5.66. The van der Waals surface area contributed by atoms with Gasteiger partial charge >= 0.3 is 0 Å². The van der Waals surface area contributed by atoms with Gasteiger partial charge in [-0.05, 0) is 70.0 Å². The average molecular weight is 436 g/mol. The van der Waals surface area contributed by atoms with E-state index in [4.69, 9.17) is 9.40 Å². The van der Waals surface area contributed by atoms with Crippen molar-refractivity contribution in [2.75, 3.05) is 0 Å². The van der Waals surface area contributed by atoms with E-state index in [1.807, 2.05) is 12.1 Å².